The Balaban J connectivity index is 3.17. The van der Waals surface area contributed by atoms with E-state index in [1.807, 2.05) is 6.08 Å². The summed E-state index contributed by atoms with van der Waals surface area (Å²) < 4.78 is 5.10. The van der Waals surface area contributed by atoms with E-state index in [4.69, 9.17) is 4.74 Å². The molecule has 0 aromatic rings. The lowest BCUT2D eigenvalue weighted by Crippen LogP contribution is -2.31. The molecule has 1 rings (SSSR count). The highest BCUT2D eigenvalue weighted by Gasteiger charge is 2.41. The molecule has 0 fully saturated rings. The molecule has 0 aromatic heterocycles. The number of hydrogen-bond donors (Lipinski definition) is 0. The Kier molecular flexibility index (Phi) is 7.11. The molecule has 4 heteroatoms. The van der Waals surface area contributed by atoms with Crippen molar-refractivity contribution in [3.05, 3.63) is 24.3 Å². The van der Waals surface area contributed by atoms with Crippen molar-refractivity contribution < 1.29 is 9.53 Å². The number of rotatable bonds is 6. The maximum Gasteiger partial charge on any atom is 0.309 e. The zero-order valence-electron chi connectivity index (χ0n) is 13.8. The fraction of sp³-hybridized carbons (Fsp3) is 0.526. The molecule has 0 saturated carbocycles. The molecule has 0 amide bonds. The third kappa shape index (κ3) is 4.24. The van der Waals surface area contributed by atoms with Crippen LogP contribution in [0, 0.1) is 51.8 Å². The van der Waals surface area contributed by atoms with Crippen LogP contribution < -0.4 is 0 Å². The summed E-state index contributed by atoms with van der Waals surface area (Å²) in [5.74, 6) is 5.09. The first-order valence-electron chi connectivity index (χ1n) is 7.78. The minimum absolute atomic E-state index is 0.0615. The Labute approximate surface area is 138 Å². The van der Waals surface area contributed by atoms with E-state index in [9.17, 15) is 15.3 Å². The van der Waals surface area contributed by atoms with Crippen LogP contribution in [0.3, 0.4) is 0 Å². The summed E-state index contributed by atoms with van der Waals surface area (Å²) >= 11 is 0. The standard InChI is InChI=1S/C19H22N2O2/c1-4-7-11-19(13-20,14-21)17-10-9-16(18(22)23-6-3)12-15(17)8-5-2/h5,10,15-16H,2,6,8-9,11-12H2,1,3H3/t15-,16+/m1/s1. The highest BCUT2D eigenvalue weighted by Crippen LogP contribution is 2.43. The van der Waals surface area contributed by atoms with Crippen molar-refractivity contribution in [3.63, 3.8) is 0 Å². The molecular formula is C19H22N2O2. The second-order valence-electron chi connectivity index (χ2n) is 5.53. The quantitative estimate of drug-likeness (QED) is 0.427. The summed E-state index contributed by atoms with van der Waals surface area (Å²) in [5.41, 5.74) is -0.484. The Morgan fingerprint density at radius 3 is 2.74 bits per heavy atom. The summed E-state index contributed by atoms with van der Waals surface area (Å²) in [6, 6.07) is 4.29. The van der Waals surface area contributed by atoms with Gasteiger partial charge in [-0.15, -0.1) is 18.4 Å². The monoisotopic (exact) mass is 310 g/mol. The molecule has 0 heterocycles. The molecule has 0 N–H and O–H groups in total. The van der Waals surface area contributed by atoms with Crippen molar-refractivity contribution in [2.24, 2.45) is 17.3 Å². The summed E-state index contributed by atoms with van der Waals surface area (Å²) in [7, 11) is 0. The van der Waals surface area contributed by atoms with E-state index in [0.29, 0.717) is 25.9 Å². The molecular weight excluding hydrogens is 288 g/mol. The third-order valence-electron chi connectivity index (χ3n) is 4.11. The molecule has 0 aromatic carbocycles. The second kappa shape index (κ2) is 8.82. The van der Waals surface area contributed by atoms with Gasteiger partial charge in [0.1, 0.15) is 0 Å². The normalized spacial score (nSPS) is 20.1. The summed E-state index contributed by atoms with van der Waals surface area (Å²) in [5, 5.41) is 19.2. The minimum Gasteiger partial charge on any atom is -0.466 e. The lowest BCUT2D eigenvalue weighted by Gasteiger charge is -2.33. The van der Waals surface area contributed by atoms with Crippen LogP contribution in [0.2, 0.25) is 0 Å². The number of esters is 1. The molecule has 120 valence electrons. The molecule has 0 saturated heterocycles. The Hall–Kier alpha value is -2.51. The van der Waals surface area contributed by atoms with E-state index >= 15 is 0 Å². The van der Waals surface area contributed by atoms with Crippen LogP contribution in [0.25, 0.3) is 0 Å². The molecule has 1 aliphatic rings. The van der Waals surface area contributed by atoms with Gasteiger partial charge >= 0.3 is 5.97 Å². The fourth-order valence-corrected chi connectivity index (χ4v) is 2.96. The average molecular weight is 310 g/mol. The molecule has 0 unspecified atom stereocenters. The van der Waals surface area contributed by atoms with Crippen LogP contribution in [0.1, 0.15) is 39.5 Å². The van der Waals surface area contributed by atoms with Gasteiger partial charge in [0, 0.05) is 6.42 Å². The number of carbonyl (C=O) groups is 1. The first-order chi connectivity index (χ1) is 11.1. The van der Waals surface area contributed by atoms with Crippen molar-refractivity contribution in [1.29, 1.82) is 10.5 Å². The van der Waals surface area contributed by atoms with Gasteiger partial charge < -0.3 is 4.74 Å². The topological polar surface area (TPSA) is 73.9 Å². The van der Waals surface area contributed by atoms with Gasteiger partial charge in [0.2, 0.25) is 0 Å². The molecule has 1 aliphatic carbocycles. The summed E-state index contributed by atoms with van der Waals surface area (Å²) in [6.45, 7) is 7.57. The first kappa shape index (κ1) is 18.5. The number of nitrogens with zero attached hydrogens (tertiary/aromatic N) is 2. The predicted molar refractivity (Wildman–Crippen MR) is 87.5 cm³/mol. The summed E-state index contributed by atoms with van der Waals surface area (Å²) in [6.07, 6.45) is 5.49. The number of allylic oxidation sites excluding steroid dienone is 3. The van der Waals surface area contributed by atoms with Crippen LogP contribution in [-0.2, 0) is 9.53 Å². The second-order valence-corrected chi connectivity index (χ2v) is 5.53. The van der Waals surface area contributed by atoms with Crippen molar-refractivity contribution in [2.45, 2.75) is 39.5 Å². The maximum atomic E-state index is 12.0. The van der Waals surface area contributed by atoms with E-state index in [1.165, 1.54) is 0 Å². The fourth-order valence-electron chi connectivity index (χ4n) is 2.96. The van der Waals surface area contributed by atoms with Gasteiger partial charge in [-0.05, 0) is 44.6 Å². The van der Waals surface area contributed by atoms with E-state index in [-0.39, 0.29) is 24.2 Å². The molecule has 2 atom stereocenters. The van der Waals surface area contributed by atoms with Gasteiger partial charge in [-0.3, -0.25) is 4.79 Å². The van der Waals surface area contributed by atoms with Gasteiger partial charge in [0.05, 0.1) is 24.7 Å². The lowest BCUT2D eigenvalue weighted by molar-refractivity contribution is -0.148. The van der Waals surface area contributed by atoms with E-state index < -0.39 is 5.41 Å². The van der Waals surface area contributed by atoms with Crippen molar-refractivity contribution >= 4 is 5.97 Å². The minimum atomic E-state index is -1.25. The number of carbonyl (C=O) groups excluding carboxylic acids is 1. The third-order valence-corrected chi connectivity index (χ3v) is 4.11. The molecule has 0 bridgehead atoms. The van der Waals surface area contributed by atoms with Crippen LogP contribution in [-0.4, -0.2) is 12.6 Å². The van der Waals surface area contributed by atoms with Crippen molar-refractivity contribution in [3.8, 4) is 24.0 Å². The average Bonchev–Trinajstić information content (AvgIpc) is 2.57. The van der Waals surface area contributed by atoms with E-state index in [1.54, 1.807) is 19.9 Å². The number of nitriles is 2. The maximum absolute atomic E-state index is 12.0. The zero-order chi connectivity index (χ0) is 17.3. The molecule has 0 radical (unpaired) electrons. The van der Waals surface area contributed by atoms with Crippen LogP contribution in [0.5, 0.6) is 0 Å². The van der Waals surface area contributed by atoms with Crippen molar-refractivity contribution in [2.75, 3.05) is 6.61 Å². The van der Waals surface area contributed by atoms with Crippen molar-refractivity contribution in [1.82, 2.24) is 0 Å². The van der Waals surface area contributed by atoms with Gasteiger partial charge in [-0.25, -0.2) is 0 Å². The number of hydrogen-bond acceptors (Lipinski definition) is 4. The Morgan fingerprint density at radius 2 is 2.22 bits per heavy atom. The highest BCUT2D eigenvalue weighted by atomic mass is 16.5. The van der Waals surface area contributed by atoms with Gasteiger partial charge in [0.25, 0.3) is 0 Å². The highest BCUT2D eigenvalue weighted by molar-refractivity contribution is 5.73. The molecule has 23 heavy (non-hydrogen) atoms. The summed E-state index contributed by atoms with van der Waals surface area (Å²) in [4.78, 5) is 12.0. The number of ether oxygens (including phenoxy) is 1. The van der Waals surface area contributed by atoms with Gasteiger partial charge in [0.15, 0.2) is 5.41 Å². The smallest absolute Gasteiger partial charge is 0.309 e. The van der Waals surface area contributed by atoms with Crippen LogP contribution in [0.15, 0.2) is 24.3 Å². The SMILES string of the molecule is C=CC[C@@H]1C[C@@H](C(=O)OCC)CC=C1C(C#N)(C#N)CC#CC. The van der Waals surface area contributed by atoms with Gasteiger partial charge in [-0.1, -0.05) is 12.2 Å². The lowest BCUT2D eigenvalue weighted by atomic mass is 9.67. The molecule has 0 aliphatic heterocycles. The van der Waals surface area contributed by atoms with Crippen LogP contribution in [0.4, 0.5) is 0 Å². The Bertz CT molecular complexity index is 608. The van der Waals surface area contributed by atoms with E-state index in [2.05, 4.69) is 30.6 Å². The van der Waals surface area contributed by atoms with Gasteiger partial charge in [-0.2, -0.15) is 10.5 Å². The first-order valence-corrected chi connectivity index (χ1v) is 7.78. The predicted octanol–water partition coefficient (Wildman–Crippen LogP) is 3.53. The largest absolute Gasteiger partial charge is 0.466 e. The van der Waals surface area contributed by atoms with E-state index in [0.717, 1.165) is 5.57 Å². The Morgan fingerprint density at radius 1 is 1.52 bits per heavy atom. The zero-order valence-corrected chi connectivity index (χ0v) is 13.8. The molecule has 4 nitrogen and oxygen atoms in total. The van der Waals surface area contributed by atoms with Crippen LogP contribution >= 0.6 is 0 Å². The molecule has 0 spiro atoms.